The fourth-order valence-corrected chi connectivity index (χ4v) is 9.22. The zero-order valence-electron chi connectivity index (χ0n) is 35.6. The molecule has 0 saturated heterocycles. The molecule has 9 aromatic carbocycles. The largest absolute Gasteiger partial charge is 0.311 e. The van der Waals surface area contributed by atoms with E-state index in [4.69, 9.17) is 0 Å². The third kappa shape index (κ3) is 8.22. The molecule has 0 saturated carbocycles. The normalized spacial score (nSPS) is 13.3. The third-order valence-corrected chi connectivity index (χ3v) is 12.9. The first kappa shape index (κ1) is 39.4. The first-order valence-corrected chi connectivity index (χ1v) is 22.0. The smallest absolute Gasteiger partial charge is 0.0462 e. The minimum absolute atomic E-state index is 0.268. The van der Waals surface area contributed by atoms with Crippen molar-refractivity contribution in [3.05, 3.63) is 277 Å². The Morgan fingerprint density at radius 3 is 0.952 bits per heavy atom. The minimum Gasteiger partial charge on any atom is -0.311 e. The number of rotatable bonds is 11. The maximum atomic E-state index is 2.40. The summed E-state index contributed by atoms with van der Waals surface area (Å²) in [6.45, 7) is 2.40. The van der Waals surface area contributed by atoms with Crippen LogP contribution in [0, 0.1) is 0 Å². The van der Waals surface area contributed by atoms with Crippen LogP contribution in [0.2, 0.25) is 0 Å². The van der Waals surface area contributed by atoms with Gasteiger partial charge in [-0.2, -0.15) is 0 Å². The Morgan fingerprint density at radius 2 is 0.587 bits per heavy atom. The minimum atomic E-state index is -0.268. The molecular formula is C62H49N. The average molecular weight is 808 g/mol. The van der Waals surface area contributed by atoms with Crippen molar-refractivity contribution in [2.24, 2.45) is 0 Å². The summed E-state index contributed by atoms with van der Waals surface area (Å²) in [5, 5.41) is 0. The van der Waals surface area contributed by atoms with E-state index in [9.17, 15) is 0 Å². The van der Waals surface area contributed by atoms with Crippen LogP contribution in [-0.4, -0.2) is 0 Å². The van der Waals surface area contributed by atoms with Crippen LogP contribution in [0.3, 0.4) is 0 Å². The second-order valence-electron chi connectivity index (χ2n) is 16.6. The summed E-state index contributed by atoms with van der Waals surface area (Å²) in [6.07, 6.45) is 6.71. The number of nitrogens with zero attached hydrogens (tertiary/aromatic N) is 1. The molecular weight excluding hydrogens is 759 g/mol. The van der Waals surface area contributed by atoms with Crippen molar-refractivity contribution >= 4 is 22.6 Å². The molecule has 1 aliphatic rings. The Labute approximate surface area is 372 Å². The summed E-state index contributed by atoms with van der Waals surface area (Å²) in [5.41, 5.74) is 19.5. The zero-order valence-corrected chi connectivity index (χ0v) is 35.6. The zero-order chi connectivity index (χ0) is 42.4. The molecule has 0 aliphatic heterocycles. The van der Waals surface area contributed by atoms with Gasteiger partial charge in [0.15, 0.2) is 0 Å². The fourth-order valence-electron chi connectivity index (χ4n) is 9.22. The van der Waals surface area contributed by atoms with E-state index >= 15 is 0 Å². The third-order valence-electron chi connectivity index (χ3n) is 12.9. The molecule has 0 heterocycles. The molecule has 10 rings (SSSR count). The predicted octanol–water partition coefficient (Wildman–Crippen LogP) is 16.9. The van der Waals surface area contributed by atoms with Gasteiger partial charge in [-0.1, -0.05) is 224 Å². The summed E-state index contributed by atoms with van der Waals surface area (Å²) in [4.78, 5) is 2.36. The maximum absolute atomic E-state index is 2.40. The summed E-state index contributed by atoms with van der Waals surface area (Å²) >= 11 is 0. The Hall–Kier alpha value is -7.74. The van der Waals surface area contributed by atoms with Crippen LogP contribution in [-0.2, 0) is 5.41 Å². The average Bonchev–Trinajstić information content (AvgIpc) is 3.38. The molecule has 1 unspecified atom stereocenters. The van der Waals surface area contributed by atoms with E-state index in [1.165, 1.54) is 72.3 Å². The van der Waals surface area contributed by atoms with Crippen molar-refractivity contribution < 1.29 is 0 Å². The molecule has 0 N–H and O–H groups in total. The molecule has 63 heavy (non-hydrogen) atoms. The Balaban J connectivity index is 0.933. The summed E-state index contributed by atoms with van der Waals surface area (Å²) < 4.78 is 0. The highest BCUT2D eigenvalue weighted by molar-refractivity contribution is 5.81. The first-order valence-electron chi connectivity index (χ1n) is 22.0. The van der Waals surface area contributed by atoms with Crippen LogP contribution < -0.4 is 4.90 Å². The highest BCUT2D eigenvalue weighted by atomic mass is 15.1. The molecule has 0 spiro atoms. The standard InChI is InChI=1S/C62H49N/c1-62(56-20-12-5-13-21-56,57-36-26-51(27-37-57)50-24-22-49(23-25-50)46-14-6-2-7-15-46)58-38-28-52(29-39-58)55-34-44-61(45-35-55)63(59-40-30-53(31-41-59)47-16-8-3-9-17-47)60-42-32-54(33-43-60)48-18-10-4-11-19-48/h2-28,30-38,40-45H,29,39H2,1H3. The van der Waals surface area contributed by atoms with E-state index in [1.807, 2.05) is 0 Å². The maximum Gasteiger partial charge on any atom is 0.0462 e. The second kappa shape index (κ2) is 17.7. The molecule has 0 amide bonds. The van der Waals surface area contributed by atoms with E-state index in [0.29, 0.717) is 0 Å². The second-order valence-corrected chi connectivity index (χ2v) is 16.6. The van der Waals surface area contributed by atoms with Gasteiger partial charge in [-0.3, -0.25) is 0 Å². The Bertz CT molecular complexity index is 2880. The molecule has 0 aromatic heterocycles. The van der Waals surface area contributed by atoms with Crippen LogP contribution in [0.4, 0.5) is 17.1 Å². The number of hydrogen-bond donors (Lipinski definition) is 0. The lowest BCUT2D eigenvalue weighted by Crippen LogP contribution is -2.27. The van der Waals surface area contributed by atoms with E-state index < -0.39 is 0 Å². The van der Waals surface area contributed by atoms with Crippen molar-refractivity contribution in [1.29, 1.82) is 0 Å². The number of hydrogen-bond acceptors (Lipinski definition) is 1. The first-order chi connectivity index (χ1) is 31.1. The van der Waals surface area contributed by atoms with Crippen LogP contribution in [0.25, 0.3) is 50.1 Å². The van der Waals surface area contributed by atoms with Gasteiger partial charge in [0.1, 0.15) is 0 Å². The predicted molar refractivity (Wildman–Crippen MR) is 268 cm³/mol. The van der Waals surface area contributed by atoms with Crippen LogP contribution in [0.1, 0.15) is 36.5 Å². The SMILES string of the molecule is CC(C1=CC=C(c2ccc(N(c3ccc(-c4ccccc4)cc3)c3ccc(-c4ccccc4)cc3)cc2)CC1)(c1ccccc1)c1ccc(-c2ccc(-c3ccccc3)cc2)cc1. The van der Waals surface area contributed by atoms with Gasteiger partial charge in [-0.15, -0.1) is 0 Å². The Kier molecular flexibility index (Phi) is 11.1. The van der Waals surface area contributed by atoms with Crippen molar-refractivity contribution in [3.8, 4) is 44.5 Å². The van der Waals surface area contributed by atoms with E-state index in [-0.39, 0.29) is 5.41 Å². The van der Waals surface area contributed by atoms with Gasteiger partial charge in [0.25, 0.3) is 0 Å². The van der Waals surface area contributed by atoms with Crippen molar-refractivity contribution in [2.45, 2.75) is 25.2 Å². The van der Waals surface area contributed by atoms with Gasteiger partial charge in [0, 0.05) is 22.5 Å². The van der Waals surface area contributed by atoms with E-state index in [0.717, 1.165) is 29.9 Å². The molecule has 302 valence electrons. The number of allylic oxidation sites excluding steroid dienone is 4. The quantitative estimate of drug-likeness (QED) is 0.126. The molecule has 1 atom stereocenters. The summed E-state index contributed by atoms with van der Waals surface area (Å²) in [7, 11) is 0. The lowest BCUT2D eigenvalue weighted by atomic mass is 9.67. The molecule has 0 bridgehead atoms. The van der Waals surface area contributed by atoms with Crippen LogP contribution >= 0.6 is 0 Å². The molecule has 0 fully saturated rings. The summed E-state index contributed by atoms with van der Waals surface area (Å²) in [5.74, 6) is 0. The van der Waals surface area contributed by atoms with Crippen molar-refractivity contribution in [1.82, 2.24) is 0 Å². The molecule has 1 heteroatoms. The molecule has 1 nitrogen and oxygen atoms in total. The van der Waals surface area contributed by atoms with E-state index in [2.05, 4.69) is 267 Å². The highest BCUT2D eigenvalue weighted by Crippen LogP contribution is 2.45. The van der Waals surface area contributed by atoms with E-state index in [1.54, 1.807) is 0 Å². The Morgan fingerprint density at radius 1 is 0.286 bits per heavy atom. The van der Waals surface area contributed by atoms with Crippen LogP contribution in [0.5, 0.6) is 0 Å². The number of benzene rings is 9. The fraction of sp³-hybridized carbons (Fsp3) is 0.0645. The van der Waals surface area contributed by atoms with Crippen molar-refractivity contribution in [2.75, 3.05) is 4.90 Å². The van der Waals surface area contributed by atoms with Gasteiger partial charge in [-0.05, 0) is 123 Å². The number of anilines is 3. The van der Waals surface area contributed by atoms with Crippen molar-refractivity contribution in [3.63, 3.8) is 0 Å². The lowest BCUT2D eigenvalue weighted by Gasteiger charge is -2.36. The van der Waals surface area contributed by atoms with Gasteiger partial charge in [0.05, 0.1) is 0 Å². The summed E-state index contributed by atoms with van der Waals surface area (Å²) in [6, 6.07) is 87.9. The molecule has 9 aromatic rings. The monoisotopic (exact) mass is 807 g/mol. The molecule has 1 aliphatic carbocycles. The molecule has 0 radical (unpaired) electrons. The van der Waals surface area contributed by atoms with Gasteiger partial charge < -0.3 is 4.90 Å². The van der Waals surface area contributed by atoms with Gasteiger partial charge in [-0.25, -0.2) is 0 Å². The highest BCUT2D eigenvalue weighted by Gasteiger charge is 2.34. The van der Waals surface area contributed by atoms with Gasteiger partial charge >= 0.3 is 0 Å². The van der Waals surface area contributed by atoms with Gasteiger partial charge in [0.2, 0.25) is 0 Å². The topological polar surface area (TPSA) is 3.24 Å². The lowest BCUT2D eigenvalue weighted by molar-refractivity contribution is 0.636. The van der Waals surface area contributed by atoms with Crippen LogP contribution in [0.15, 0.2) is 260 Å².